The zero-order valence-corrected chi connectivity index (χ0v) is 10.8. The standard InChI is InChI=1S/C15H14N2O2/c1-11-7-8-14(12(2)9-11)16-10-13-5-3-4-6-15(13)17(18)19/h3-10H,1-2H3. The van der Waals surface area contributed by atoms with Gasteiger partial charge in [-0.05, 0) is 31.5 Å². The van der Waals surface area contributed by atoms with Gasteiger partial charge in [0.05, 0.1) is 16.2 Å². The minimum Gasteiger partial charge on any atom is -0.258 e. The first-order valence-electron chi connectivity index (χ1n) is 5.92. The molecular weight excluding hydrogens is 240 g/mol. The third-order valence-electron chi connectivity index (χ3n) is 2.83. The number of hydrogen-bond acceptors (Lipinski definition) is 3. The lowest BCUT2D eigenvalue weighted by atomic mass is 10.1. The number of hydrogen-bond donors (Lipinski definition) is 0. The third-order valence-corrected chi connectivity index (χ3v) is 2.83. The summed E-state index contributed by atoms with van der Waals surface area (Å²) in [4.78, 5) is 14.8. The molecule has 0 radical (unpaired) electrons. The first-order valence-corrected chi connectivity index (χ1v) is 5.92. The van der Waals surface area contributed by atoms with Crippen LogP contribution in [0.4, 0.5) is 11.4 Å². The Balaban J connectivity index is 2.35. The minimum absolute atomic E-state index is 0.0658. The fraction of sp³-hybridized carbons (Fsp3) is 0.133. The summed E-state index contributed by atoms with van der Waals surface area (Å²) >= 11 is 0. The van der Waals surface area contributed by atoms with E-state index in [0.717, 1.165) is 11.3 Å². The van der Waals surface area contributed by atoms with E-state index in [-0.39, 0.29) is 5.69 Å². The molecule has 19 heavy (non-hydrogen) atoms. The van der Waals surface area contributed by atoms with Crippen LogP contribution in [0.3, 0.4) is 0 Å². The van der Waals surface area contributed by atoms with Crippen LogP contribution in [0, 0.1) is 24.0 Å². The summed E-state index contributed by atoms with van der Waals surface area (Å²) < 4.78 is 0. The van der Waals surface area contributed by atoms with Crippen molar-refractivity contribution in [3.05, 3.63) is 69.3 Å². The fourth-order valence-electron chi connectivity index (χ4n) is 1.85. The average molecular weight is 254 g/mol. The van der Waals surface area contributed by atoms with Gasteiger partial charge in [-0.3, -0.25) is 15.1 Å². The molecule has 0 atom stereocenters. The van der Waals surface area contributed by atoms with Gasteiger partial charge < -0.3 is 0 Å². The van der Waals surface area contributed by atoms with E-state index in [4.69, 9.17) is 0 Å². The van der Waals surface area contributed by atoms with Crippen molar-refractivity contribution in [1.29, 1.82) is 0 Å². The summed E-state index contributed by atoms with van der Waals surface area (Å²) in [7, 11) is 0. The molecule has 0 amide bonds. The maximum Gasteiger partial charge on any atom is 0.278 e. The van der Waals surface area contributed by atoms with Crippen LogP contribution in [-0.2, 0) is 0 Å². The number of aryl methyl sites for hydroxylation is 2. The number of aliphatic imine (C=N–C) groups is 1. The van der Waals surface area contributed by atoms with Crippen LogP contribution in [0.15, 0.2) is 47.5 Å². The Hall–Kier alpha value is -2.49. The van der Waals surface area contributed by atoms with Gasteiger partial charge in [0, 0.05) is 12.3 Å². The highest BCUT2D eigenvalue weighted by atomic mass is 16.6. The molecular formula is C15H14N2O2. The molecule has 0 saturated heterocycles. The summed E-state index contributed by atoms with van der Waals surface area (Å²) in [6.45, 7) is 3.99. The zero-order valence-electron chi connectivity index (χ0n) is 10.8. The van der Waals surface area contributed by atoms with Crippen LogP contribution in [0.5, 0.6) is 0 Å². The van der Waals surface area contributed by atoms with Gasteiger partial charge in [0.15, 0.2) is 0 Å². The van der Waals surface area contributed by atoms with E-state index < -0.39 is 4.92 Å². The van der Waals surface area contributed by atoms with Crippen LogP contribution in [0.2, 0.25) is 0 Å². The van der Waals surface area contributed by atoms with Crippen molar-refractivity contribution in [2.75, 3.05) is 0 Å². The highest BCUT2D eigenvalue weighted by Gasteiger charge is 2.09. The Kier molecular flexibility index (Phi) is 3.71. The molecule has 2 aromatic rings. The van der Waals surface area contributed by atoms with Crippen LogP contribution in [0.1, 0.15) is 16.7 Å². The quantitative estimate of drug-likeness (QED) is 0.473. The predicted octanol–water partition coefficient (Wildman–Crippen LogP) is 3.96. The SMILES string of the molecule is Cc1ccc(N=Cc2ccccc2[N+](=O)[O-])c(C)c1. The fourth-order valence-corrected chi connectivity index (χ4v) is 1.85. The molecule has 0 fully saturated rings. The predicted molar refractivity (Wildman–Crippen MR) is 76.3 cm³/mol. The lowest BCUT2D eigenvalue weighted by Gasteiger charge is -2.01. The van der Waals surface area contributed by atoms with Gasteiger partial charge in [-0.2, -0.15) is 0 Å². The highest BCUT2D eigenvalue weighted by Crippen LogP contribution is 2.21. The Morgan fingerprint density at radius 2 is 1.89 bits per heavy atom. The smallest absolute Gasteiger partial charge is 0.258 e. The van der Waals surface area contributed by atoms with E-state index in [1.807, 2.05) is 32.0 Å². The lowest BCUT2D eigenvalue weighted by Crippen LogP contribution is -1.93. The maximum absolute atomic E-state index is 10.9. The molecule has 0 heterocycles. The number of nitro benzene ring substituents is 1. The topological polar surface area (TPSA) is 55.5 Å². The highest BCUT2D eigenvalue weighted by molar-refractivity contribution is 5.87. The molecule has 96 valence electrons. The Labute approximate surface area is 111 Å². The number of nitrogens with zero attached hydrogens (tertiary/aromatic N) is 2. The molecule has 0 N–H and O–H groups in total. The van der Waals surface area contributed by atoms with Crippen LogP contribution >= 0.6 is 0 Å². The van der Waals surface area contributed by atoms with Gasteiger partial charge in [0.2, 0.25) is 0 Å². The van der Waals surface area contributed by atoms with Crippen LogP contribution < -0.4 is 0 Å². The van der Waals surface area contributed by atoms with Gasteiger partial charge in [-0.1, -0.05) is 29.8 Å². The molecule has 0 aromatic heterocycles. The van der Waals surface area contributed by atoms with Crippen LogP contribution in [0.25, 0.3) is 0 Å². The third kappa shape index (κ3) is 3.04. The number of rotatable bonds is 3. The molecule has 4 nitrogen and oxygen atoms in total. The van der Waals surface area contributed by atoms with Crippen molar-refractivity contribution in [2.24, 2.45) is 4.99 Å². The molecule has 2 aromatic carbocycles. The van der Waals surface area contributed by atoms with E-state index >= 15 is 0 Å². The molecule has 0 saturated carbocycles. The first-order chi connectivity index (χ1) is 9.08. The van der Waals surface area contributed by atoms with Crippen molar-refractivity contribution in [3.8, 4) is 0 Å². The van der Waals surface area contributed by atoms with Crippen molar-refractivity contribution in [1.82, 2.24) is 0 Å². The van der Waals surface area contributed by atoms with Crippen molar-refractivity contribution in [3.63, 3.8) is 0 Å². The molecule has 0 unspecified atom stereocenters. The normalized spacial score (nSPS) is 10.8. The molecule has 4 heteroatoms. The van der Waals surface area contributed by atoms with E-state index in [1.54, 1.807) is 18.2 Å². The number of para-hydroxylation sites is 1. The number of benzene rings is 2. The average Bonchev–Trinajstić information content (AvgIpc) is 2.38. The summed E-state index contributed by atoms with van der Waals surface area (Å²) in [5, 5.41) is 10.9. The second-order valence-electron chi connectivity index (χ2n) is 4.36. The second kappa shape index (κ2) is 5.44. The monoisotopic (exact) mass is 254 g/mol. The van der Waals surface area contributed by atoms with Gasteiger partial charge >= 0.3 is 0 Å². The lowest BCUT2D eigenvalue weighted by molar-refractivity contribution is -0.385. The Bertz CT molecular complexity index is 648. The van der Waals surface area contributed by atoms with E-state index in [2.05, 4.69) is 4.99 Å². The van der Waals surface area contributed by atoms with Gasteiger partial charge in [0.25, 0.3) is 5.69 Å². The zero-order chi connectivity index (χ0) is 13.8. The van der Waals surface area contributed by atoms with Crippen molar-refractivity contribution in [2.45, 2.75) is 13.8 Å². The van der Waals surface area contributed by atoms with Gasteiger partial charge in [-0.25, -0.2) is 0 Å². The molecule has 0 aliphatic heterocycles. The molecule has 2 rings (SSSR count). The minimum atomic E-state index is -0.399. The summed E-state index contributed by atoms with van der Waals surface area (Å²) in [6.07, 6.45) is 1.54. The second-order valence-corrected chi connectivity index (χ2v) is 4.36. The van der Waals surface area contributed by atoms with E-state index in [1.165, 1.54) is 17.8 Å². The van der Waals surface area contributed by atoms with Crippen LogP contribution in [-0.4, -0.2) is 11.1 Å². The summed E-state index contributed by atoms with van der Waals surface area (Å²) in [5.41, 5.74) is 3.62. The molecule has 0 bridgehead atoms. The van der Waals surface area contributed by atoms with Crippen molar-refractivity contribution >= 4 is 17.6 Å². The first kappa shape index (κ1) is 13.0. The van der Waals surface area contributed by atoms with E-state index in [0.29, 0.717) is 5.56 Å². The Morgan fingerprint density at radius 3 is 2.58 bits per heavy atom. The summed E-state index contributed by atoms with van der Waals surface area (Å²) in [6, 6.07) is 12.5. The van der Waals surface area contributed by atoms with E-state index in [9.17, 15) is 10.1 Å². The van der Waals surface area contributed by atoms with Gasteiger partial charge in [0.1, 0.15) is 0 Å². The summed E-state index contributed by atoms with van der Waals surface area (Å²) in [5.74, 6) is 0. The Morgan fingerprint density at radius 1 is 1.16 bits per heavy atom. The molecule has 0 spiro atoms. The van der Waals surface area contributed by atoms with Gasteiger partial charge in [-0.15, -0.1) is 0 Å². The molecule has 0 aliphatic carbocycles. The van der Waals surface area contributed by atoms with Crippen molar-refractivity contribution < 1.29 is 4.92 Å². The number of nitro groups is 1. The largest absolute Gasteiger partial charge is 0.278 e. The maximum atomic E-state index is 10.9. The molecule has 0 aliphatic rings.